The van der Waals surface area contributed by atoms with Gasteiger partial charge in [0.25, 0.3) is 5.91 Å². The van der Waals surface area contributed by atoms with Gasteiger partial charge in [-0.05, 0) is 36.6 Å². The fourth-order valence-electron chi connectivity index (χ4n) is 2.94. The SMILES string of the molecule is CCOC(=O)CCCNC(=O)c1ccc2c(c1)C(=O)c1ccccc1-2. The molecule has 0 saturated carbocycles. The molecule has 0 atom stereocenters. The van der Waals surface area contributed by atoms with E-state index in [1.54, 1.807) is 25.1 Å². The molecule has 0 unspecified atom stereocenters. The summed E-state index contributed by atoms with van der Waals surface area (Å²) in [4.78, 5) is 36.0. The molecule has 0 aromatic heterocycles. The van der Waals surface area contributed by atoms with Crippen LogP contribution < -0.4 is 5.32 Å². The number of benzene rings is 2. The molecule has 1 N–H and O–H groups in total. The number of carbonyl (C=O) groups excluding carboxylic acids is 3. The van der Waals surface area contributed by atoms with E-state index in [4.69, 9.17) is 4.74 Å². The van der Waals surface area contributed by atoms with E-state index in [9.17, 15) is 14.4 Å². The Kier molecular flexibility index (Phi) is 4.93. The largest absolute Gasteiger partial charge is 0.466 e. The van der Waals surface area contributed by atoms with Gasteiger partial charge in [-0.2, -0.15) is 0 Å². The van der Waals surface area contributed by atoms with Crippen LogP contribution in [-0.4, -0.2) is 30.8 Å². The van der Waals surface area contributed by atoms with E-state index in [1.165, 1.54) is 0 Å². The van der Waals surface area contributed by atoms with E-state index >= 15 is 0 Å². The second-order valence-electron chi connectivity index (χ2n) is 5.80. The van der Waals surface area contributed by atoms with Gasteiger partial charge in [0.2, 0.25) is 0 Å². The molecular formula is C20H19NO4. The highest BCUT2D eigenvalue weighted by Crippen LogP contribution is 2.36. The number of nitrogens with one attached hydrogen (secondary N) is 1. The number of carbonyl (C=O) groups is 3. The standard InChI is InChI=1S/C20H19NO4/c1-2-25-18(22)8-5-11-21-20(24)13-9-10-15-14-6-3-4-7-16(14)19(23)17(15)12-13/h3-4,6-7,9-10,12H,2,5,8,11H2,1H3,(H,21,24). The molecule has 0 fully saturated rings. The molecule has 2 aromatic rings. The number of ether oxygens (including phenoxy) is 1. The third kappa shape index (κ3) is 3.45. The van der Waals surface area contributed by atoms with E-state index in [0.29, 0.717) is 36.3 Å². The molecule has 5 heteroatoms. The van der Waals surface area contributed by atoms with Crippen LogP contribution in [0, 0.1) is 0 Å². The molecule has 0 aliphatic heterocycles. The summed E-state index contributed by atoms with van der Waals surface area (Å²) >= 11 is 0. The highest BCUT2D eigenvalue weighted by Gasteiger charge is 2.26. The Balaban J connectivity index is 1.64. The Labute approximate surface area is 146 Å². The van der Waals surface area contributed by atoms with Crippen LogP contribution >= 0.6 is 0 Å². The number of fused-ring (bicyclic) bond motifs is 3. The molecule has 3 rings (SSSR count). The molecule has 0 spiro atoms. The molecule has 2 aromatic carbocycles. The van der Waals surface area contributed by atoms with Gasteiger partial charge >= 0.3 is 5.97 Å². The van der Waals surface area contributed by atoms with Gasteiger partial charge in [-0.1, -0.05) is 30.3 Å². The first-order chi connectivity index (χ1) is 12.1. The van der Waals surface area contributed by atoms with Gasteiger partial charge in [0, 0.05) is 29.7 Å². The number of rotatable bonds is 6. The van der Waals surface area contributed by atoms with Gasteiger partial charge < -0.3 is 10.1 Å². The van der Waals surface area contributed by atoms with Crippen LogP contribution in [-0.2, 0) is 9.53 Å². The summed E-state index contributed by atoms with van der Waals surface area (Å²) in [5, 5.41) is 2.77. The predicted molar refractivity (Wildman–Crippen MR) is 93.5 cm³/mol. The summed E-state index contributed by atoms with van der Waals surface area (Å²) in [6, 6.07) is 12.6. The van der Waals surface area contributed by atoms with Crippen LogP contribution in [0.1, 0.15) is 46.0 Å². The van der Waals surface area contributed by atoms with Crippen molar-refractivity contribution in [3.05, 3.63) is 59.2 Å². The molecule has 5 nitrogen and oxygen atoms in total. The first-order valence-electron chi connectivity index (χ1n) is 8.33. The summed E-state index contributed by atoms with van der Waals surface area (Å²) in [7, 11) is 0. The number of amides is 1. The molecule has 128 valence electrons. The molecule has 1 aliphatic carbocycles. The smallest absolute Gasteiger partial charge is 0.305 e. The zero-order chi connectivity index (χ0) is 17.8. The summed E-state index contributed by atoms with van der Waals surface area (Å²) in [6.07, 6.45) is 0.784. The summed E-state index contributed by atoms with van der Waals surface area (Å²) in [5.74, 6) is -0.574. The van der Waals surface area contributed by atoms with E-state index < -0.39 is 0 Å². The Morgan fingerprint density at radius 3 is 2.48 bits per heavy atom. The Hall–Kier alpha value is -2.95. The van der Waals surface area contributed by atoms with Crippen molar-refractivity contribution in [1.82, 2.24) is 5.32 Å². The van der Waals surface area contributed by atoms with Gasteiger partial charge in [0.15, 0.2) is 5.78 Å². The summed E-state index contributed by atoms with van der Waals surface area (Å²) in [6.45, 7) is 2.49. The molecule has 1 aliphatic rings. The third-order valence-electron chi connectivity index (χ3n) is 4.14. The first-order valence-corrected chi connectivity index (χ1v) is 8.33. The maximum absolute atomic E-state index is 12.5. The lowest BCUT2D eigenvalue weighted by Crippen LogP contribution is -2.25. The molecule has 0 heterocycles. The Bertz CT molecular complexity index is 841. The lowest BCUT2D eigenvalue weighted by Gasteiger charge is -2.07. The van der Waals surface area contributed by atoms with Crippen LogP contribution in [0.25, 0.3) is 11.1 Å². The van der Waals surface area contributed by atoms with E-state index in [2.05, 4.69) is 5.32 Å². The van der Waals surface area contributed by atoms with Crippen molar-refractivity contribution in [3.63, 3.8) is 0 Å². The van der Waals surface area contributed by atoms with E-state index in [0.717, 1.165) is 11.1 Å². The first kappa shape index (κ1) is 16.9. The maximum atomic E-state index is 12.5. The number of hydrogen-bond acceptors (Lipinski definition) is 4. The fraction of sp³-hybridized carbons (Fsp3) is 0.250. The monoisotopic (exact) mass is 337 g/mol. The van der Waals surface area contributed by atoms with Crippen molar-refractivity contribution >= 4 is 17.7 Å². The molecule has 25 heavy (non-hydrogen) atoms. The number of hydrogen-bond donors (Lipinski definition) is 1. The van der Waals surface area contributed by atoms with Crippen LogP contribution in [0.5, 0.6) is 0 Å². The van der Waals surface area contributed by atoms with Crippen LogP contribution in [0.2, 0.25) is 0 Å². The van der Waals surface area contributed by atoms with Crippen molar-refractivity contribution in [2.24, 2.45) is 0 Å². The normalized spacial score (nSPS) is 11.6. The minimum absolute atomic E-state index is 0.0532. The van der Waals surface area contributed by atoms with Crippen LogP contribution in [0.3, 0.4) is 0 Å². The van der Waals surface area contributed by atoms with Crippen molar-refractivity contribution < 1.29 is 19.1 Å². The van der Waals surface area contributed by atoms with Crippen molar-refractivity contribution in [2.75, 3.05) is 13.2 Å². The van der Waals surface area contributed by atoms with Gasteiger partial charge in [0.05, 0.1) is 6.61 Å². The molecule has 0 bridgehead atoms. The van der Waals surface area contributed by atoms with E-state index in [-0.39, 0.29) is 24.1 Å². The summed E-state index contributed by atoms with van der Waals surface area (Å²) in [5.41, 5.74) is 3.43. The Morgan fingerprint density at radius 2 is 1.72 bits per heavy atom. The van der Waals surface area contributed by atoms with Gasteiger partial charge in [-0.15, -0.1) is 0 Å². The fourth-order valence-corrected chi connectivity index (χ4v) is 2.94. The second kappa shape index (κ2) is 7.30. The van der Waals surface area contributed by atoms with Crippen molar-refractivity contribution in [2.45, 2.75) is 19.8 Å². The van der Waals surface area contributed by atoms with Crippen molar-refractivity contribution in [1.29, 1.82) is 0 Å². The lowest BCUT2D eigenvalue weighted by atomic mass is 10.0. The molecule has 1 amide bonds. The molecule has 0 radical (unpaired) electrons. The zero-order valence-corrected chi connectivity index (χ0v) is 14.0. The number of esters is 1. The third-order valence-corrected chi connectivity index (χ3v) is 4.14. The molecule has 0 saturated heterocycles. The van der Waals surface area contributed by atoms with E-state index in [1.807, 2.05) is 24.3 Å². The maximum Gasteiger partial charge on any atom is 0.305 e. The second-order valence-corrected chi connectivity index (χ2v) is 5.80. The van der Waals surface area contributed by atoms with Gasteiger partial charge in [-0.25, -0.2) is 0 Å². The number of ketones is 1. The van der Waals surface area contributed by atoms with Crippen LogP contribution in [0.15, 0.2) is 42.5 Å². The minimum atomic E-state index is -0.266. The lowest BCUT2D eigenvalue weighted by molar-refractivity contribution is -0.143. The van der Waals surface area contributed by atoms with Crippen molar-refractivity contribution in [3.8, 4) is 11.1 Å². The topological polar surface area (TPSA) is 72.5 Å². The minimum Gasteiger partial charge on any atom is -0.466 e. The highest BCUT2D eigenvalue weighted by molar-refractivity contribution is 6.22. The quantitative estimate of drug-likeness (QED) is 0.554. The molecular weight excluding hydrogens is 318 g/mol. The zero-order valence-electron chi connectivity index (χ0n) is 14.0. The average Bonchev–Trinajstić information content (AvgIpc) is 2.91. The highest BCUT2D eigenvalue weighted by atomic mass is 16.5. The van der Waals surface area contributed by atoms with Crippen LogP contribution in [0.4, 0.5) is 0 Å². The summed E-state index contributed by atoms with van der Waals surface area (Å²) < 4.78 is 4.84. The van der Waals surface area contributed by atoms with Gasteiger partial charge in [-0.3, -0.25) is 14.4 Å². The Morgan fingerprint density at radius 1 is 1.00 bits per heavy atom. The predicted octanol–water partition coefficient (Wildman–Crippen LogP) is 2.97. The average molecular weight is 337 g/mol. The van der Waals surface area contributed by atoms with Gasteiger partial charge in [0.1, 0.15) is 0 Å².